The van der Waals surface area contributed by atoms with Crippen molar-refractivity contribution in [2.45, 2.75) is 69.4 Å². The van der Waals surface area contributed by atoms with Crippen molar-refractivity contribution in [3.05, 3.63) is 84.1 Å². The molecule has 1 aromatic heterocycles. The molecule has 2 atom stereocenters. The minimum absolute atomic E-state index is 0.0283. The minimum atomic E-state index is -4.59. The predicted molar refractivity (Wildman–Crippen MR) is 159 cm³/mol. The van der Waals surface area contributed by atoms with Gasteiger partial charge in [0.05, 0.1) is 11.3 Å². The number of likely N-dealkylation sites (tertiary alicyclic amines) is 1. The zero-order valence-corrected chi connectivity index (χ0v) is 25.5. The lowest BCUT2D eigenvalue weighted by Crippen LogP contribution is -2.41. The monoisotopic (exact) mass is 606 g/mol. The highest BCUT2D eigenvalue weighted by Gasteiger charge is 2.40. The Bertz CT molecular complexity index is 1290. The van der Waals surface area contributed by atoms with Gasteiger partial charge in [-0.3, -0.25) is 4.90 Å². The van der Waals surface area contributed by atoms with Gasteiger partial charge < -0.3 is 14.4 Å². The van der Waals surface area contributed by atoms with Gasteiger partial charge in [0.25, 0.3) is 0 Å². The molecule has 0 N–H and O–H groups in total. The molecule has 1 saturated heterocycles. The predicted octanol–water partition coefficient (Wildman–Crippen LogP) is 6.97. The summed E-state index contributed by atoms with van der Waals surface area (Å²) < 4.78 is 74.2. The molecule has 4 aliphatic rings. The molecule has 2 aliphatic heterocycles. The third-order valence-corrected chi connectivity index (χ3v) is 8.84. The Balaban J connectivity index is 0.00000207. The first-order valence-electron chi connectivity index (χ1n) is 14.8. The summed E-state index contributed by atoms with van der Waals surface area (Å²) in [5, 5.41) is 8.35. The van der Waals surface area contributed by atoms with E-state index in [0.29, 0.717) is 49.7 Å². The number of allylic oxidation sites excluding steroid dienone is 4. The Kier molecular flexibility index (Phi) is 10.0. The summed E-state index contributed by atoms with van der Waals surface area (Å²) in [4.78, 5) is 5.02. The topological polar surface area (TPSA) is 40.4 Å². The Morgan fingerprint density at radius 3 is 2.40 bits per heavy atom. The van der Waals surface area contributed by atoms with Crippen LogP contribution in [0.2, 0.25) is 0 Å². The van der Waals surface area contributed by atoms with Gasteiger partial charge in [-0.1, -0.05) is 12.0 Å². The van der Waals surface area contributed by atoms with Crippen LogP contribution in [0.3, 0.4) is 0 Å². The van der Waals surface area contributed by atoms with Crippen LogP contribution in [0.15, 0.2) is 78.2 Å². The van der Waals surface area contributed by atoms with Gasteiger partial charge in [0.1, 0.15) is 24.0 Å². The highest BCUT2D eigenvalue weighted by atomic mass is 19.4. The summed E-state index contributed by atoms with van der Waals surface area (Å²) in [6, 6.07) is 0. The number of piperidine rings is 1. The lowest BCUT2D eigenvalue weighted by Gasteiger charge is -2.37. The molecule has 236 valence electrons. The van der Waals surface area contributed by atoms with Crippen molar-refractivity contribution in [1.82, 2.24) is 29.5 Å². The van der Waals surface area contributed by atoms with Gasteiger partial charge in [-0.15, -0.1) is 23.4 Å². The van der Waals surface area contributed by atoms with E-state index in [1.807, 2.05) is 22.6 Å². The van der Waals surface area contributed by atoms with Gasteiger partial charge in [-0.05, 0) is 62.3 Å². The summed E-state index contributed by atoms with van der Waals surface area (Å²) in [7, 11) is 5.11. The molecule has 3 heterocycles. The van der Waals surface area contributed by atoms with Gasteiger partial charge in [-0.2, -0.15) is 13.2 Å². The van der Waals surface area contributed by atoms with Gasteiger partial charge in [0, 0.05) is 71.2 Å². The van der Waals surface area contributed by atoms with Crippen LogP contribution in [-0.4, -0.2) is 81.2 Å². The van der Waals surface area contributed by atoms with Crippen LogP contribution in [0.4, 0.5) is 22.0 Å². The number of nitrogens with zero attached hydrogens (tertiary/aromatic N) is 6. The maximum absolute atomic E-state index is 15.1. The maximum atomic E-state index is 15.1. The van der Waals surface area contributed by atoms with Gasteiger partial charge in [0.2, 0.25) is 0 Å². The van der Waals surface area contributed by atoms with E-state index in [0.717, 1.165) is 30.7 Å². The van der Waals surface area contributed by atoms with Crippen molar-refractivity contribution in [3.8, 4) is 0 Å². The largest absolute Gasteiger partial charge is 0.418 e. The number of likely N-dealkylation sites (N-methyl/N-ethyl adjacent to an activating group) is 2. The summed E-state index contributed by atoms with van der Waals surface area (Å²) in [5.74, 6) is 1.04. The van der Waals surface area contributed by atoms with E-state index in [9.17, 15) is 17.6 Å². The molecule has 5 rings (SSSR count). The van der Waals surface area contributed by atoms with Gasteiger partial charge >= 0.3 is 6.18 Å². The Morgan fingerprint density at radius 2 is 1.84 bits per heavy atom. The van der Waals surface area contributed by atoms with E-state index in [2.05, 4.69) is 23.4 Å². The highest BCUT2D eigenvalue weighted by Crippen LogP contribution is 2.46. The van der Waals surface area contributed by atoms with Crippen molar-refractivity contribution in [2.24, 2.45) is 13.0 Å². The average Bonchev–Trinajstić information content (AvgIpc) is 3.34. The van der Waals surface area contributed by atoms with Crippen LogP contribution < -0.4 is 0 Å². The van der Waals surface area contributed by atoms with Crippen molar-refractivity contribution < 1.29 is 22.0 Å². The number of rotatable bonds is 7. The number of aryl methyl sites for hydroxylation is 1. The fraction of sp³-hybridized carbons (Fsp3) is 0.562. The molecule has 0 radical (unpaired) electrons. The van der Waals surface area contributed by atoms with E-state index >= 15 is 4.39 Å². The second-order valence-corrected chi connectivity index (χ2v) is 12.2. The molecule has 43 heavy (non-hydrogen) atoms. The standard InChI is InChI=1S/C30H39F5N6.C2H4/c1-29(32)8-10-41(11-9-29)17-20-12-25(30(33,34)35)26(39(3)16-20)18-38(2)24-14-22(13-23(31)15-24)27(21-6-5-7-21)28-37-36-19-40(28)4;1-2/h12,14-16,18-19,21,23,27H,5-11,13,17H2,1-4H3;1-2H2/b26-18-;. The van der Waals surface area contributed by atoms with Crippen LogP contribution in [-0.2, 0) is 7.05 Å². The zero-order chi connectivity index (χ0) is 31.5. The summed E-state index contributed by atoms with van der Waals surface area (Å²) in [6.45, 7) is 8.88. The summed E-state index contributed by atoms with van der Waals surface area (Å²) >= 11 is 0. The van der Waals surface area contributed by atoms with Crippen molar-refractivity contribution in [1.29, 1.82) is 0 Å². The van der Waals surface area contributed by atoms with Crippen LogP contribution in [0.25, 0.3) is 0 Å². The quantitative estimate of drug-likeness (QED) is 0.248. The minimum Gasteiger partial charge on any atom is -0.349 e. The summed E-state index contributed by atoms with van der Waals surface area (Å²) in [5.41, 5.74) is -0.117. The summed E-state index contributed by atoms with van der Waals surface area (Å²) in [6.07, 6.45) is 7.54. The van der Waals surface area contributed by atoms with Crippen LogP contribution >= 0.6 is 0 Å². The SMILES string of the molecule is C=C.CN(/C=C1/C(C(F)(F)F)=CC(CN2CCC(C)(F)CC2)=CN1C)C1=CC(F)CC(C(c2nncn2C)C2CCC2)=C1. The molecule has 0 bridgehead atoms. The van der Waals surface area contributed by atoms with Crippen LogP contribution in [0.5, 0.6) is 0 Å². The molecule has 0 spiro atoms. The molecule has 2 unspecified atom stereocenters. The molecule has 6 nitrogen and oxygen atoms in total. The van der Waals surface area contributed by atoms with Crippen molar-refractivity contribution in [2.75, 3.05) is 33.7 Å². The first-order chi connectivity index (χ1) is 20.3. The third kappa shape index (κ3) is 7.66. The number of aromatic nitrogens is 3. The fourth-order valence-electron chi connectivity index (χ4n) is 6.20. The van der Waals surface area contributed by atoms with E-state index in [4.69, 9.17) is 0 Å². The number of hydrogen-bond acceptors (Lipinski definition) is 5. The Hall–Kier alpha value is -3.21. The second-order valence-electron chi connectivity index (χ2n) is 12.2. The second kappa shape index (κ2) is 13.2. The van der Waals surface area contributed by atoms with E-state index in [1.54, 1.807) is 38.4 Å². The molecular weight excluding hydrogens is 563 g/mol. The number of halogens is 5. The molecule has 2 aliphatic carbocycles. The van der Waals surface area contributed by atoms with E-state index in [-0.39, 0.29) is 18.0 Å². The Labute approximate surface area is 251 Å². The first kappa shape index (κ1) is 32.7. The van der Waals surface area contributed by atoms with E-state index < -0.39 is 23.6 Å². The van der Waals surface area contributed by atoms with Crippen molar-refractivity contribution >= 4 is 0 Å². The number of alkyl halides is 5. The molecule has 1 saturated carbocycles. The zero-order valence-electron chi connectivity index (χ0n) is 25.5. The van der Waals surface area contributed by atoms with E-state index in [1.165, 1.54) is 23.3 Å². The molecular formula is C32H43F5N6. The maximum Gasteiger partial charge on any atom is 0.418 e. The normalized spacial score (nSPS) is 24.6. The van der Waals surface area contributed by atoms with Crippen LogP contribution in [0, 0.1) is 5.92 Å². The first-order valence-corrected chi connectivity index (χ1v) is 14.8. The smallest absolute Gasteiger partial charge is 0.349 e. The van der Waals surface area contributed by atoms with Crippen LogP contribution in [0.1, 0.15) is 57.2 Å². The third-order valence-electron chi connectivity index (χ3n) is 8.84. The molecule has 2 fully saturated rings. The molecule has 1 aromatic rings. The Morgan fingerprint density at radius 1 is 1.16 bits per heavy atom. The molecule has 0 amide bonds. The highest BCUT2D eigenvalue weighted by molar-refractivity contribution is 5.46. The van der Waals surface area contributed by atoms with Crippen molar-refractivity contribution in [3.63, 3.8) is 0 Å². The number of hydrogen-bond donors (Lipinski definition) is 0. The van der Waals surface area contributed by atoms with Gasteiger partial charge in [-0.25, -0.2) is 8.78 Å². The molecule has 0 aromatic carbocycles. The average molecular weight is 607 g/mol. The lowest BCUT2D eigenvalue weighted by molar-refractivity contribution is -0.0913. The fourth-order valence-corrected chi connectivity index (χ4v) is 6.20. The lowest BCUT2D eigenvalue weighted by atomic mass is 9.70. The van der Waals surface area contributed by atoms with Gasteiger partial charge in [0.15, 0.2) is 0 Å². The molecule has 11 heteroatoms.